The number of carbonyl (C=O) groups excluding carboxylic acids is 1. The molecule has 3 heteroatoms. The number of rotatable bonds is 11. The van der Waals surface area contributed by atoms with Gasteiger partial charge in [0.15, 0.2) is 0 Å². The first-order valence-electron chi connectivity index (χ1n) is 10.2. The number of hydrogen-bond donors (Lipinski definition) is 0. The van der Waals surface area contributed by atoms with E-state index >= 15 is 0 Å². The zero-order valence-electron chi connectivity index (χ0n) is 16.7. The van der Waals surface area contributed by atoms with Gasteiger partial charge in [-0.2, -0.15) is 0 Å². The Balaban J connectivity index is 2.39. The van der Waals surface area contributed by atoms with Crippen molar-refractivity contribution in [3.63, 3.8) is 0 Å². The van der Waals surface area contributed by atoms with Gasteiger partial charge in [-0.3, -0.25) is 4.79 Å². The van der Waals surface area contributed by atoms with E-state index in [1.165, 1.54) is 38.5 Å². The average molecular weight is 341 g/mol. The van der Waals surface area contributed by atoms with Crippen molar-refractivity contribution in [1.82, 2.24) is 0 Å². The Bertz CT molecular complexity index is 332. The third-order valence-electron chi connectivity index (χ3n) is 4.87. The molecule has 0 aromatic heterocycles. The van der Waals surface area contributed by atoms with Crippen molar-refractivity contribution in [1.29, 1.82) is 0 Å². The van der Waals surface area contributed by atoms with Crippen LogP contribution in [0.1, 0.15) is 92.4 Å². The molecular formula is C21H40O3. The Morgan fingerprint density at radius 2 is 1.67 bits per heavy atom. The number of carbonyl (C=O) groups is 1. The van der Waals surface area contributed by atoms with Gasteiger partial charge >= 0.3 is 5.97 Å². The summed E-state index contributed by atoms with van der Waals surface area (Å²) in [5.74, 6) is 1.69. The van der Waals surface area contributed by atoms with Crippen molar-refractivity contribution in [2.24, 2.45) is 23.7 Å². The smallest absolute Gasteiger partial charge is 0.310 e. The van der Waals surface area contributed by atoms with Crippen LogP contribution in [0.5, 0.6) is 0 Å². The summed E-state index contributed by atoms with van der Waals surface area (Å²) in [6.45, 7) is 11.1. The Morgan fingerprint density at radius 1 is 1.00 bits per heavy atom. The first kappa shape index (κ1) is 21.5. The largest absolute Gasteiger partial charge is 0.436 e. The normalized spacial score (nSPS) is 18.8. The minimum atomic E-state index is -0.363. The molecule has 0 radical (unpaired) electrons. The van der Waals surface area contributed by atoms with E-state index in [9.17, 15) is 4.79 Å². The van der Waals surface area contributed by atoms with Crippen LogP contribution in [0.4, 0.5) is 0 Å². The molecule has 24 heavy (non-hydrogen) atoms. The lowest BCUT2D eigenvalue weighted by molar-refractivity contribution is -0.187. The summed E-state index contributed by atoms with van der Waals surface area (Å²) in [5.41, 5.74) is 0. The lowest BCUT2D eigenvalue weighted by Gasteiger charge is -2.24. The first-order chi connectivity index (χ1) is 11.4. The van der Waals surface area contributed by atoms with Crippen molar-refractivity contribution >= 4 is 5.97 Å². The predicted molar refractivity (Wildman–Crippen MR) is 99.7 cm³/mol. The van der Waals surface area contributed by atoms with Gasteiger partial charge in [0.25, 0.3) is 0 Å². The fourth-order valence-corrected chi connectivity index (χ4v) is 3.57. The molecule has 0 aromatic rings. The topological polar surface area (TPSA) is 35.5 Å². The summed E-state index contributed by atoms with van der Waals surface area (Å²) in [6.07, 6.45) is 10.6. The minimum absolute atomic E-state index is 0.0477. The van der Waals surface area contributed by atoms with Gasteiger partial charge in [-0.1, -0.05) is 73.1 Å². The highest BCUT2D eigenvalue weighted by atomic mass is 16.7. The Kier molecular flexibility index (Phi) is 10.6. The molecule has 0 saturated heterocycles. The van der Waals surface area contributed by atoms with Crippen LogP contribution in [0.25, 0.3) is 0 Å². The Hall–Kier alpha value is -0.570. The lowest BCUT2D eigenvalue weighted by Crippen LogP contribution is -2.27. The molecule has 1 fully saturated rings. The van der Waals surface area contributed by atoms with Gasteiger partial charge < -0.3 is 9.47 Å². The Labute approximate surface area is 149 Å². The summed E-state index contributed by atoms with van der Waals surface area (Å²) in [6, 6.07) is 0. The highest BCUT2D eigenvalue weighted by Gasteiger charge is 2.22. The molecular weight excluding hydrogens is 300 g/mol. The van der Waals surface area contributed by atoms with Crippen molar-refractivity contribution in [2.75, 3.05) is 6.61 Å². The zero-order chi connectivity index (χ0) is 17.9. The Morgan fingerprint density at radius 3 is 2.25 bits per heavy atom. The maximum atomic E-state index is 12.3. The molecule has 1 aliphatic rings. The van der Waals surface area contributed by atoms with Gasteiger partial charge in [-0.25, -0.2) is 0 Å². The molecule has 0 spiro atoms. The quantitative estimate of drug-likeness (QED) is 0.344. The third kappa shape index (κ3) is 9.66. The number of hydrogen-bond acceptors (Lipinski definition) is 3. The fourth-order valence-electron chi connectivity index (χ4n) is 3.57. The van der Waals surface area contributed by atoms with Crippen molar-refractivity contribution < 1.29 is 14.3 Å². The van der Waals surface area contributed by atoms with E-state index < -0.39 is 0 Å². The third-order valence-corrected chi connectivity index (χ3v) is 4.87. The maximum Gasteiger partial charge on any atom is 0.310 e. The summed E-state index contributed by atoms with van der Waals surface area (Å²) in [4.78, 5) is 12.3. The van der Waals surface area contributed by atoms with Crippen LogP contribution in [-0.4, -0.2) is 18.9 Å². The standard InChI is InChI=1S/C21H40O3/c1-16(2)14-18(5)21(22)24-20(23-15-17(3)4)13-9-12-19-10-7-6-8-11-19/h16-20H,6-15H2,1-5H3. The van der Waals surface area contributed by atoms with E-state index in [0.717, 1.165) is 25.2 Å². The fraction of sp³-hybridized carbons (Fsp3) is 0.952. The molecule has 1 rings (SSSR count). The number of ether oxygens (including phenoxy) is 2. The van der Waals surface area contributed by atoms with Gasteiger partial charge in [0.05, 0.1) is 12.5 Å². The molecule has 0 N–H and O–H groups in total. The second kappa shape index (κ2) is 11.9. The van der Waals surface area contributed by atoms with Crippen LogP contribution < -0.4 is 0 Å². The monoisotopic (exact) mass is 340 g/mol. The van der Waals surface area contributed by atoms with Crippen LogP contribution in [0.2, 0.25) is 0 Å². The molecule has 1 aliphatic carbocycles. The van der Waals surface area contributed by atoms with Crippen LogP contribution in [0, 0.1) is 23.7 Å². The summed E-state index contributed by atoms with van der Waals surface area (Å²) < 4.78 is 11.6. The van der Waals surface area contributed by atoms with Crippen LogP contribution in [0.3, 0.4) is 0 Å². The molecule has 1 saturated carbocycles. The predicted octanol–water partition coefficient (Wildman–Crippen LogP) is 5.96. The van der Waals surface area contributed by atoms with E-state index in [1.807, 2.05) is 6.92 Å². The van der Waals surface area contributed by atoms with E-state index in [2.05, 4.69) is 27.7 Å². The number of esters is 1. The molecule has 0 amide bonds. The van der Waals surface area contributed by atoms with Crippen molar-refractivity contribution in [3.05, 3.63) is 0 Å². The van der Waals surface area contributed by atoms with E-state index in [4.69, 9.17) is 9.47 Å². The van der Waals surface area contributed by atoms with Gasteiger partial charge in [-0.05, 0) is 30.6 Å². The van der Waals surface area contributed by atoms with Gasteiger partial charge in [-0.15, -0.1) is 0 Å². The molecule has 0 heterocycles. The summed E-state index contributed by atoms with van der Waals surface area (Å²) >= 11 is 0. The highest BCUT2D eigenvalue weighted by molar-refractivity contribution is 5.72. The summed E-state index contributed by atoms with van der Waals surface area (Å²) in [7, 11) is 0. The second-order valence-electron chi connectivity index (χ2n) is 8.56. The molecule has 0 aliphatic heterocycles. The zero-order valence-corrected chi connectivity index (χ0v) is 16.7. The maximum absolute atomic E-state index is 12.3. The van der Waals surface area contributed by atoms with Crippen molar-refractivity contribution in [3.8, 4) is 0 Å². The average Bonchev–Trinajstić information content (AvgIpc) is 2.52. The van der Waals surface area contributed by atoms with Crippen LogP contribution in [-0.2, 0) is 14.3 Å². The van der Waals surface area contributed by atoms with Gasteiger partial charge in [0.1, 0.15) is 0 Å². The SMILES string of the molecule is CC(C)COC(CCCC1CCCCC1)OC(=O)C(C)CC(C)C. The van der Waals surface area contributed by atoms with E-state index in [0.29, 0.717) is 18.4 Å². The molecule has 2 unspecified atom stereocenters. The first-order valence-corrected chi connectivity index (χ1v) is 10.2. The van der Waals surface area contributed by atoms with Crippen LogP contribution in [0.15, 0.2) is 0 Å². The summed E-state index contributed by atoms with van der Waals surface area (Å²) in [5, 5.41) is 0. The van der Waals surface area contributed by atoms with Crippen molar-refractivity contribution in [2.45, 2.75) is 98.7 Å². The molecule has 2 atom stereocenters. The lowest BCUT2D eigenvalue weighted by atomic mass is 9.86. The molecule has 0 bridgehead atoms. The molecule has 3 nitrogen and oxygen atoms in total. The molecule has 0 aromatic carbocycles. The van der Waals surface area contributed by atoms with E-state index in [-0.39, 0.29) is 18.2 Å². The second-order valence-corrected chi connectivity index (χ2v) is 8.56. The molecule has 142 valence electrons. The van der Waals surface area contributed by atoms with E-state index in [1.54, 1.807) is 0 Å². The van der Waals surface area contributed by atoms with Gasteiger partial charge in [0, 0.05) is 6.42 Å². The minimum Gasteiger partial charge on any atom is -0.436 e. The highest BCUT2D eigenvalue weighted by Crippen LogP contribution is 2.28. The van der Waals surface area contributed by atoms with Crippen LogP contribution >= 0.6 is 0 Å². The van der Waals surface area contributed by atoms with Gasteiger partial charge in [0.2, 0.25) is 6.29 Å².